The number of anilines is 1. The Morgan fingerprint density at radius 2 is 2.11 bits per heavy atom. The van der Waals surface area contributed by atoms with Crippen molar-refractivity contribution in [3.8, 4) is 0 Å². The van der Waals surface area contributed by atoms with Gasteiger partial charge in [-0.2, -0.15) is 0 Å². The van der Waals surface area contributed by atoms with E-state index < -0.39 is 0 Å². The van der Waals surface area contributed by atoms with Crippen LogP contribution in [0.5, 0.6) is 0 Å². The molecule has 18 heavy (non-hydrogen) atoms. The molecule has 0 amide bonds. The van der Waals surface area contributed by atoms with E-state index in [0.717, 1.165) is 15.6 Å². The average Bonchev–Trinajstić information content (AvgIpc) is 2.37. The van der Waals surface area contributed by atoms with Crippen molar-refractivity contribution in [3.63, 3.8) is 0 Å². The van der Waals surface area contributed by atoms with Crippen molar-refractivity contribution in [2.75, 3.05) is 12.8 Å². The van der Waals surface area contributed by atoms with Crippen LogP contribution in [-0.2, 0) is 0 Å². The number of hydrogen-bond donors (Lipinski definition) is 2. The van der Waals surface area contributed by atoms with Gasteiger partial charge >= 0.3 is 0 Å². The molecule has 3 nitrogen and oxygen atoms in total. The smallest absolute Gasteiger partial charge is 0.128 e. The summed E-state index contributed by atoms with van der Waals surface area (Å²) in [4.78, 5) is 4.14. The predicted molar refractivity (Wildman–Crippen MR) is 78.4 cm³/mol. The Morgan fingerprint density at radius 3 is 2.72 bits per heavy atom. The van der Waals surface area contributed by atoms with Gasteiger partial charge in [0, 0.05) is 16.2 Å². The van der Waals surface area contributed by atoms with Gasteiger partial charge in [-0.15, -0.1) is 0 Å². The summed E-state index contributed by atoms with van der Waals surface area (Å²) in [5, 5.41) is 3.28. The van der Waals surface area contributed by atoms with Crippen molar-refractivity contribution in [2.24, 2.45) is 0 Å². The van der Waals surface area contributed by atoms with E-state index in [0.29, 0.717) is 5.82 Å². The topological polar surface area (TPSA) is 50.9 Å². The number of pyridine rings is 1. The summed E-state index contributed by atoms with van der Waals surface area (Å²) in [6.07, 6.45) is 1.70. The van der Waals surface area contributed by atoms with E-state index in [1.165, 1.54) is 5.56 Å². The lowest BCUT2D eigenvalue weighted by Gasteiger charge is -2.19. The second kappa shape index (κ2) is 5.50. The Bertz CT molecular complexity index is 554. The molecule has 0 aliphatic carbocycles. The summed E-state index contributed by atoms with van der Waals surface area (Å²) in [6.45, 7) is 2.07. The van der Waals surface area contributed by atoms with E-state index in [-0.39, 0.29) is 6.04 Å². The summed E-state index contributed by atoms with van der Waals surface area (Å²) in [5.41, 5.74) is 9.31. The molecule has 0 bridgehead atoms. The minimum absolute atomic E-state index is 0.0515. The second-order valence-corrected chi connectivity index (χ2v) is 5.06. The number of hydrogen-bond acceptors (Lipinski definition) is 3. The zero-order valence-electron chi connectivity index (χ0n) is 10.4. The molecule has 0 aliphatic heterocycles. The molecule has 0 saturated heterocycles. The highest BCUT2D eigenvalue weighted by Gasteiger charge is 2.15. The lowest BCUT2D eigenvalue weighted by molar-refractivity contribution is 0.690. The second-order valence-electron chi connectivity index (χ2n) is 4.21. The van der Waals surface area contributed by atoms with Crippen LogP contribution in [0.25, 0.3) is 0 Å². The first-order valence-corrected chi connectivity index (χ1v) is 6.56. The quantitative estimate of drug-likeness (QED) is 0.916. The standard InChI is InChI=1S/C14H16BrN3/c1-9-5-6-10(8-12(9)15)13(17-2)11-4-3-7-18-14(11)16/h3-8,13,17H,1-2H3,(H2,16,18). The van der Waals surface area contributed by atoms with E-state index in [4.69, 9.17) is 5.73 Å². The molecule has 2 aromatic rings. The van der Waals surface area contributed by atoms with Crippen LogP contribution in [0.1, 0.15) is 22.7 Å². The summed E-state index contributed by atoms with van der Waals surface area (Å²) in [5.74, 6) is 0.563. The predicted octanol–water partition coefficient (Wildman–Crippen LogP) is 3.04. The van der Waals surface area contributed by atoms with E-state index in [2.05, 4.69) is 51.4 Å². The van der Waals surface area contributed by atoms with Crippen LogP contribution >= 0.6 is 15.9 Å². The zero-order valence-corrected chi connectivity index (χ0v) is 12.0. The van der Waals surface area contributed by atoms with Crippen LogP contribution in [0.2, 0.25) is 0 Å². The molecule has 0 saturated carbocycles. The third kappa shape index (κ3) is 2.54. The zero-order chi connectivity index (χ0) is 13.1. The minimum atomic E-state index is 0.0515. The maximum Gasteiger partial charge on any atom is 0.128 e. The molecule has 0 fully saturated rings. The van der Waals surface area contributed by atoms with Crippen LogP contribution in [0.15, 0.2) is 41.0 Å². The van der Waals surface area contributed by atoms with Gasteiger partial charge in [-0.1, -0.05) is 34.1 Å². The number of nitrogens with one attached hydrogen (secondary N) is 1. The molecule has 1 unspecified atom stereocenters. The maximum absolute atomic E-state index is 5.94. The number of benzene rings is 1. The lowest BCUT2D eigenvalue weighted by atomic mass is 9.98. The highest BCUT2D eigenvalue weighted by atomic mass is 79.9. The van der Waals surface area contributed by atoms with Gasteiger partial charge in [0.05, 0.1) is 6.04 Å². The van der Waals surface area contributed by atoms with Gasteiger partial charge in [-0.3, -0.25) is 0 Å². The van der Waals surface area contributed by atoms with Crippen molar-refractivity contribution in [2.45, 2.75) is 13.0 Å². The highest BCUT2D eigenvalue weighted by Crippen LogP contribution is 2.28. The Labute approximate surface area is 116 Å². The maximum atomic E-state index is 5.94. The molecule has 0 radical (unpaired) electrons. The SMILES string of the molecule is CNC(c1ccc(C)c(Br)c1)c1cccnc1N. The lowest BCUT2D eigenvalue weighted by Crippen LogP contribution is -2.19. The third-order valence-electron chi connectivity index (χ3n) is 3.00. The number of nitrogens with two attached hydrogens (primary N) is 1. The number of nitrogens with zero attached hydrogens (tertiary/aromatic N) is 1. The van der Waals surface area contributed by atoms with Gasteiger partial charge in [-0.05, 0) is 37.2 Å². The molecule has 4 heteroatoms. The molecule has 0 aliphatic rings. The van der Waals surface area contributed by atoms with Crippen molar-refractivity contribution < 1.29 is 0 Å². The van der Waals surface area contributed by atoms with Gasteiger partial charge in [0.25, 0.3) is 0 Å². The van der Waals surface area contributed by atoms with Crippen LogP contribution in [0, 0.1) is 6.92 Å². The van der Waals surface area contributed by atoms with Gasteiger partial charge in [0.15, 0.2) is 0 Å². The fourth-order valence-electron chi connectivity index (χ4n) is 1.96. The first-order chi connectivity index (χ1) is 8.63. The van der Waals surface area contributed by atoms with E-state index in [1.807, 2.05) is 19.2 Å². The summed E-state index contributed by atoms with van der Waals surface area (Å²) in [7, 11) is 1.92. The highest BCUT2D eigenvalue weighted by molar-refractivity contribution is 9.10. The summed E-state index contributed by atoms with van der Waals surface area (Å²) >= 11 is 3.56. The van der Waals surface area contributed by atoms with E-state index in [9.17, 15) is 0 Å². The fourth-order valence-corrected chi connectivity index (χ4v) is 2.36. The van der Waals surface area contributed by atoms with Gasteiger partial charge in [0.1, 0.15) is 5.82 Å². The first kappa shape index (κ1) is 13.1. The van der Waals surface area contributed by atoms with Crippen molar-refractivity contribution >= 4 is 21.7 Å². The number of aryl methyl sites for hydroxylation is 1. The Morgan fingerprint density at radius 1 is 1.33 bits per heavy atom. The van der Waals surface area contributed by atoms with Crippen LogP contribution in [0.4, 0.5) is 5.82 Å². The Hall–Kier alpha value is -1.39. The van der Waals surface area contributed by atoms with Crippen molar-refractivity contribution in [1.29, 1.82) is 0 Å². The van der Waals surface area contributed by atoms with Crippen LogP contribution in [-0.4, -0.2) is 12.0 Å². The fraction of sp³-hybridized carbons (Fsp3) is 0.214. The van der Waals surface area contributed by atoms with Gasteiger partial charge < -0.3 is 11.1 Å². The average molecular weight is 306 g/mol. The molecule has 1 aromatic carbocycles. The largest absolute Gasteiger partial charge is 0.383 e. The monoisotopic (exact) mass is 305 g/mol. The third-order valence-corrected chi connectivity index (χ3v) is 3.85. The summed E-state index contributed by atoms with van der Waals surface area (Å²) in [6, 6.07) is 10.3. The number of aromatic nitrogens is 1. The molecule has 1 aromatic heterocycles. The number of halogens is 1. The molecular formula is C14H16BrN3. The molecular weight excluding hydrogens is 290 g/mol. The molecule has 1 atom stereocenters. The van der Waals surface area contributed by atoms with Crippen LogP contribution < -0.4 is 11.1 Å². The van der Waals surface area contributed by atoms with Crippen molar-refractivity contribution in [1.82, 2.24) is 10.3 Å². The molecule has 0 spiro atoms. The van der Waals surface area contributed by atoms with E-state index in [1.54, 1.807) is 6.20 Å². The Kier molecular flexibility index (Phi) is 3.99. The molecule has 94 valence electrons. The van der Waals surface area contributed by atoms with Gasteiger partial charge in [0.2, 0.25) is 0 Å². The number of nitrogen functional groups attached to an aromatic ring is 1. The Balaban J connectivity index is 2.45. The van der Waals surface area contributed by atoms with Gasteiger partial charge in [-0.25, -0.2) is 4.98 Å². The normalized spacial score (nSPS) is 12.4. The molecule has 3 N–H and O–H groups in total. The van der Waals surface area contributed by atoms with E-state index >= 15 is 0 Å². The molecule has 1 heterocycles. The minimum Gasteiger partial charge on any atom is -0.383 e. The summed E-state index contributed by atoms with van der Waals surface area (Å²) < 4.78 is 1.10. The van der Waals surface area contributed by atoms with Crippen LogP contribution in [0.3, 0.4) is 0 Å². The molecule has 2 rings (SSSR count). The van der Waals surface area contributed by atoms with Crippen molar-refractivity contribution in [3.05, 3.63) is 57.7 Å². The number of rotatable bonds is 3. The first-order valence-electron chi connectivity index (χ1n) is 5.77.